The molecule has 0 spiro atoms. The quantitative estimate of drug-likeness (QED) is 0.776. The van der Waals surface area contributed by atoms with Gasteiger partial charge in [-0.15, -0.1) is 0 Å². The summed E-state index contributed by atoms with van der Waals surface area (Å²) in [6.07, 6.45) is 4.84. The van der Waals surface area contributed by atoms with Crippen LogP contribution in [-0.2, 0) is 20.1 Å². The maximum Gasteiger partial charge on any atom is 0.339 e. The first kappa shape index (κ1) is 13.7. The van der Waals surface area contributed by atoms with Gasteiger partial charge in [-0.25, -0.2) is 18.3 Å². The van der Waals surface area contributed by atoms with Gasteiger partial charge in [0.05, 0.1) is 0 Å². The smallest absolute Gasteiger partial charge is 0.268 e. The van der Waals surface area contributed by atoms with Gasteiger partial charge in [0.15, 0.2) is 12.4 Å². The summed E-state index contributed by atoms with van der Waals surface area (Å²) in [5.41, 5.74) is 0.894. The van der Waals surface area contributed by atoms with Crippen molar-refractivity contribution in [3.8, 4) is 0 Å². The van der Waals surface area contributed by atoms with Gasteiger partial charge in [-0.1, -0.05) is 6.92 Å². The second-order valence-electron chi connectivity index (χ2n) is 4.34. The summed E-state index contributed by atoms with van der Waals surface area (Å²) in [6.45, 7) is 5.43. The average molecular weight is 279 g/mol. The number of hydrogen-bond donors (Lipinski definition) is 0. The lowest BCUT2D eigenvalue weighted by Crippen LogP contribution is -2.29. The summed E-state index contributed by atoms with van der Waals surface area (Å²) < 4.78 is 5.43. The van der Waals surface area contributed by atoms with E-state index < -0.39 is 0 Å². The highest BCUT2D eigenvalue weighted by atomic mass is 32.1. The van der Waals surface area contributed by atoms with Crippen LogP contribution in [0.25, 0.3) is 0 Å². The van der Waals surface area contributed by atoms with Gasteiger partial charge in [0, 0.05) is 19.2 Å². The zero-order chi connectivity index (χ0) is 13.8. The maximum atomic E-state index is 12.1. The molecule has 0 bridgehead atoms. The van der Waals surface area contributed by atoms with Crippen LogP contribution in [0.3, 0.4) is 0 Å². The zero-order valence-corrected chi connectivity index (χ0v) is 12.4. The number of aromatic nitrogens is 3. The second kappa shape index (κ2) is 5.97. The third-order valence-corrected chi connectivity index (χ3v) is 3.79. The molecule has 2 aromatic rings. The first-order valence-corrected chi connectivity index (χ1v) is 7.24. The Bertz CT molecular complexity index is 680. The minimum atomic E-state index is 0.0356. The van der Waals surface area contributed by atoms with Crippen molar-refractivity contribution in [1.82, 2.24) is 8.52 Å². The van der Waals surface area contributed by atoms with E-state index in [1.54, 1.807) is 8.52 Å². The summed E-state index contributed by atoms with van der Waals surface area (Å²) in [5.74, 6) is 0. The van der Waals surface area contributed by atoms with Gasteiger partial charge in [0.25, 0.3) is 0 Å². The summed E-state index contributed by atoms with van der Waals surface area (Å²) in [5, 5.41) is 0. The molecular weight excluding hydrogens is 260 g/mol. The average Bonchev–Trinajstić information content (AvgIpc) is 2.66. The van der Waals surface area contributed by atoms with E-state index in [9.17, 15) is 4.79 Å². The minimum absolute atomic E-state index is 0.0356. The fourth-order valence-corrected chi connectivity index (χ4v) is 2.95. The van der Waals surface area contributed by atoms with E-state index in [0.717, 1.165) is 23.5 Å². The lowest BCUT2D eigenvalue weighted by atomic mass is 10.4. The molecule has 2 rings (SSSR count). The van der Waals surface area contributed by atoms with Crippen molar-refractivity contribution in [3.05, 3.63) is 39.8 Å². The van der Waals surface area contributed by atoms with E-state index in [4.69, 9.17) is 0 Å². The van der Waals surface area contributed by atoms with E-state index in [1.165, 1.54) is 11.5 Å². The number of nitrogens with zero attached hydrogens (tertiary/aromatic N) is 4. The van der Waals surface area contributed by atoms with Gasteiger partial charge >= 0.3 is 5.69 Å². The Hall–Kier alpha value is -1.69. The zero-order valence-electron chi connectivity index (χ0n) is 11.5. The molecule has 19 heavy (non-hydrogen) atoms. The van der Waals surface area contributed by atoms with E-state index in [2.05, 4.69) is 11.9 Å². The topological polar surface area (TPSA) is 43.2 Å². The lowest BCUT2D eigenvalue weighted by Gasteiger charge is -1.94. The maximum absolute atomic E-state index is 12.1. The van der Waals surface area contributed by atoms with Gasteiger partial charge in [0.1, 0.15) is 12.7 Å². The normalized spacial score (nSPS) is 12.1. The highest BCUT2D eigenvalue weighted by Crippen LogP contribution is 2.05. The number of hydrogen-bond acceptors (Lipinski definition) is 3. The molecule has 0 N–H and O–H groups in total. The standard InChI is InChI=1S/C13H19N4OS/c1-4-8-17-13(18)16(5-2)12(19-17)14-11-7-6-9-15(3)10-11/h6-7,9-10H,4-5,8H2,1-3H3/q+1. The molecule has 0 aromatic carbocycles. The molecule has 0 aliphatic carbocycles. The molecule has 0 amide bonds. The highest BCUT2D eigenvalue weighted by Gasteiger charge is 2.07. The molecule has 0 saturated heterocycles. The summed E-state index contributed by atoms with van der Waals surface area (Å²) in [7, 11) is 1.96. The SMILES string of the molecule is CCCn1sc(=Nc2ccc[n+](C)c2)n(CC)c1=O. The van der Waals surface area contributed by atoms with Crippen LogP contribution in [0.2, 0.25) is 0 Å². The molecule has 0 aliphatic heterocycles. The fraction of sp³-hybridized carbons (Fsp3) is 0.462. The second-order valence-corrected chi connectivity index (χ2v) is 5.33. The molecule has 0 saturated carbocycles. The molecule has 0 aliphatic rings. The predicted octanol–water partition coefficient (Wildman–Crippen LogP) is 1.20. The molecule has 0 radical (unpaired) electrons. The third-order valence-electron chi connectivity index (χ3n) is 2.76. The summed E-state index contributed by atoms with van der Waals surface area (Å²) in [4.78, 5) is 17.5. The van der Waals surface area contributed by atoms with Crippen LogP contribution < -0.4 is 15.1 Å². The Balaban J connectivity index is 2.55. The van der Waals surface area contributed by atoms with Crippen LogP contribution in [0.1, 0.15) is 20.3 Å². The van der Waals surface area contributed by atoms with E-state index in [1.807, 2.05) is 43.1 Å². The number of aryl methyl sites for hydroxylation is 2. The van der Waals surface area contributed by atoms with Crippen molar-refractivity contribution in [2.24, 2.45) is 12.0 Å². The van der Waals surface area contributed by atoms with Crippen molar-refractivity contribution in [2.45, 2.75) is 33.4 Å². The summed E-state index contributed by atoms with van der Waals surface area (Å²) in [6, 6.07) is 3.88. The number of pyridine rings is 1. The molecule has 6 heteroatoms. The summed E-state index contributed by atoms with van der Waals surface area (Å²) >= 11 is 1.43. The Labute approximate surface area is 116 Å². The first-order valence-electron chi connectivity index (χ1n) is 6.46. The minimum Gasteiger partial charge on any atom is -0.268 e. The molecule has 2 aromatic heterocycles. The van der Waals surface area contributed by atoms with Gasteiger partial charge < -0.3 is 0 Å². The molecule has 0 unspecified atom stereocenters. The van der Waals surface area contributed by atoms with Crippen molar-refractivity contribution in [3.63, 3.8) is 0 Å². The number of rotatable bonds is 4. The van der Waals surface area contributed by atoms with Gasteiger partial charge in [-0.3, -0.25) is 4.57 Å². The molecular formula is C13H19N4OS+. The Morgan fingerprint density at radius 2 is 2.21 bits per heavy atom. The van der Waals surface area contributed by atoms with Crippen molar-refractivity contribution < 1.29 is 4.57 Å². The van der Waals surface area contributed by atoms with Crippen LogP contribution in [-0.4, -0.2) is 8.52 Å². The van der Waals surface area contributed by atoms with Crippen molar-refractivity contribution in [2.75, 3.05) is 0 Å². The largest absolute Gasteiger partial charge is 0.339 e. The van der Waals surface area contributed by atoms with Crippen LogP contribution >= 0.6 is 11.5 Å². The highest BCUT2D eigenvalue weighted by molar-refractivity contribution is 7.03. The first-order chi connectivity index (χ1) is 9.15. The van der Waals surface area contributed by atoms with Crippen LogP contribution in [0.4, 0.5) is 5.69 Å². The monoisotopic (exact) mass is 279 g/mol. The predicted molar refractivity (Wildman–Crippen MR) is 75.4 cm³/mol. The third kappa shape index (κ3) is 3.01. The fourth-order valence-electron chi connectivity index (χ4n) is 1.85. The molecule has 0 fully saturated rings. The molecule has 5 nitrogen and oxygen atoms in total. The van der Waals surface area contributed by atoms with Gasteiger partial charge in [-0.05, 0) is 30.9 Å². The Morgan fingerprint density at radius 3 is 2.84 bits per heavy atom. The van der Waals surface area contributed by atoms with E-state index >= 15 is 0 Å². The van der Waals surface area contributed by atoms with Crippen molar-refractivity contribution >= 4 is 17.2 Å². The molecule has 2 heterocycles. The Morgan fingerprint density at radius 1 is 1.42 bits per heavy atom. The Kier molecular flexibility index (Phi) is 4.31. The molecule has 0 atom stereocenters. The van der Waals surface area contributed by atoms with E-state index in [-0.39, 0.29) is 5.69 Å². The molecule has 102 valence electrons. The van der Waals surface area contributed by atoms with Crippen LogP contribution in [0, 0.1) is 0 Å². The van der Waals surface area contributed by atoms with Gasteiger partial charge in [-0.2, -0.15) is 0 Å². The van der Waals surface area contributed by atoms with E-state index in [0.29, 0.717) is 6.54 Å². The van der Waals surface area contributed by atoms with Crippen LogP contribution in [0.5, 0.6) is 0 Å². The lowest BCUT2D eigenvalue weighted by molar-refractivity contribution is -0.670. The van der Waals surface area contributed by atoms with Crippen molar-refractivity contribution in [1.29, 1.82) is 0 Å². The van der Waals surface area contributed by atoms with Crippen LogP contribution in [0.15, 0.2) is 34.3 Å². The van der Waals surface area contributed by atoms with Gasteiger partial charge in [0.2, 0.25) is 4.80 Å².